The Bertz CT molecular complexity index is 1150. The number of benzene rings is 2. The molecule has 178 valence electrons. The van der Waals surface area contributed by atoms with E-state index < -0.39 is 0 Å². The fraction of sp³-hybridized carbons (Fsp3) is 0.419. The molecule has 0 saturated carbocycles. The summed E-state index contributed by atoms with van der Waals surface area (Å²) in [6.07, 6.45) is 11.7. The second-order valence-corrected chi connectivity index (χ2v) is 10.7. The number of likely N-dealkylation sites (N-methyl/N-ethyl adjacent to an activating group) is 1. The Morgan fingerprint density at radius 3 is 2.29 bits per heavy atom. The molecule has 34 heavy (non-hydrogen) atoms. The van der Waals surface area contributed by atoms with Gasteiger partial charge in [-0.05, 0) is 51.1 Å². The van der Waals surface area contributed by atoms with Crippen LogP contribution in [0.5, 0.6) is 0 Å². The number of unbranched alkanes of at least 4 members (excludes halogenated alkanes) is 3. The highest BCUT2D eigenvalue weighted by Crippen LogP contribution is 2.46. The Balaban J connectivity index is 1.62. The SMILES string of the molecule is C=NCCCCCC[N+]1=C(/C=C/C=C2\N(C)c3ccccc3C2(C)C)C(C)(C)c2ccccc21. The van der Waals surface area contributed by atoms with Crippen molar-refractivity contribution in [1.29, 1.82) is 0 Å². The van der Waals surface area contributed by atoms with Crippen LogP contribution in [0.15, 0.2) is 77.4 Å². The molecule has 0 bridgehead atoms. The van der Waals surface area contributed by atoms with E-state index in [9.17, 15) is 0 Å². The van der Waals surface area contributed by atoms with Gasteiger partial charge in [0.15, 0.2) is 5.71 Å². The summed E-state index contributed by atoms with van der Waals surface area (Å²) in [7, 11) is 2.18. The Labute approximate surface area is 206 Å². The van der Waals surface area contributed by atoms with E-state index in [4.69, 9.17) is 0 Å². The predicted molar refractivity (Wildman–Crippen MR) is 147 cm³/mol. The van der Waals surface area contributed by atoms with Crippen LogP contribution in [-0.2, 0) is 10.8 Å². The minimum absolute atomic E-state index is 0.00547. The second-order valence-electron chi connectivity index (χ2n) is 10.7. The minimum Gasteiger partial charge on any atom is -0.347 e. The first-order valence-electron chi connectivity index (χ1n) is 12.7. The van der Waals surface area contributed by atoms with Gasteiger partial charge in [0.2, 0.25) is 5.69 Å². The molecule has 0 saturated heterocycles. The maximum Gasteiger partial charge on any atom is 0.209 e. The number of nitrogens with zero attached hydrogens (tertiary/aromatic N) is 3. The summed E-state index contributed by atoms with van der Waals surface area (Å²) in [5, 5.41) is 0. The summed E-state index contributed by atoms with van der Waals surface area (Å²) in [4.78, 5) is 6.33. The quantitative estimate of drug-likeness (QED) is 0.223. The lowest BCUT2D eigenvalue weighted by atomic mass is 9.81. The molecule has 2 aromatic rings. The third-order valence-electron chi connectivity index (χ3n) is 7.70. The van der Waals surface area contributed by atoms with Crippen molar-refractivity contribution < 1.29 is 4.58 Å². The number of aliphatic imine (C=N–C) groups is 1. The highest BCUT2D eigenvalue weighted by atomic mass is 15.2. The van der Waals surface area contributed by atoms with Gasteiger partial charge in [-0.3, -0.25) is 0 Å². The van der Waals surface area contributed by atoms with Gasteiger partial charge in [0.1, 0.15) is 6.54 Å². The van der Waals surface area contributed by atoms with Gasteiger partial charge < -0.3 is 9.89 Å². The van der Waals surface area contributed by atoms with Crippen LogP contribution in [0, 0.1) is 0 Å². The zero-order valence-electron chi connectivity index (χ0n) is 21.6. The van der Waals surface area contributed by atoms with Gasteiger partial charge in [0.25, 0.3) is 0 Å². The fourth-order valence-electron chi connectivity index (χ4n) is 5.76. The van der Waals surface area contributed by atoms with E-state index in [0.29, 0.717) is 0 Å². The average molecular weight is 455 g/mol. The molecule has 4 rings (SSSR count). The molecular weight excluding hydrogens is 414 g/mol. The normalized spacial score (nSPS) is 19.2. The molecule has 2 heterocycles. The number of allylic oxidation sites excluding steroid dienone is 4. The van der Waals surface area contributed by atoms with Crippen molar-refractivity contribution in [2.75, 3.05) is 25.0 Å². The van der Waals surface area contributed by atoms with E-state index in [0.717, 1.165) is 19.5 Å². The Hall–Kier alpha value is -2.94. The smallest absolute Gasteiger partial charge is 0.209 e. The Morgan fingerprint density at radius 1 is 0.882 bits per heavy atom. The lowest BCUT2D eigenvalue weighted by molar-refractivity contribution is -0.438. The molecule has 0 fully saturated rings. The van der Waals surface area contributed by atoms with Crippen molar-refractivity contribution in [3.05, 3.63) is 83.6 Å². The third kappa shape index (κ3) is 4.29. The van der Waals surface area contributed by atoms with Crippen LogP contribution in [0.4, 0.5) is 11.4 Å². The average Bonchev–Trinajstić information content (AvgIpc) is 3.16. The summed E-state index contributed by atoms with van der Waals surface area (Å²) >= 11 is 0. The van der Waals surface area contributed by atoms with Crippen molar-refractivity contribution in [2.24, 2.45) is 4.99 Å². The predicted octanol–water partition coefficient (Wildman–Crippen LogP) is 7.19. The first-order chi connectivity index (χ1) is 16.3. The van der Waals surface area contributed by atoms with E-state index in [1.807, 2.05) is 0 Å². The molecule has 0 amide bonds. The fourth-order valence-corrected chi connectivity index (χ4v) is 5.76. The molecule has 0 aliphatic carbocycles. The third-order valence-corrected chi connectivity index (χ3v) is 7.70. The summed E-state index contributed by atoms with van der Waals surface area (Å²) in [6.45, 7) is 14.9. The molecule has 3 nitrogen and oxygen atoms in total. The standard InChI is InChI=1S/C31H40N3/c1-30(2)24-16-9-11-18-26(24)33(6)28(30)20-15-21-29-31(3,4)25-17-10-12-19-27(25)34(29)23-14-8-7-13-22-32-5/h9-12,15-21H,5,7-8,13-14,22-23H2,1-4,6H3/q+1. The van der Waals surface area contributed by atoms with E-state index in [2.05, 4.69) is 123 Å². The van der Waals surface area contributed by atoms with Gasteiger partial charge in [0, 0.05) is 54.5 Å². The van der Waals surface area contributed by atoms with Crippen molar-refractivity contribution in [3.8, 4) is 0 Å². The lowest BCUT2D eigenvalue weighted by Crippen LogP contribution is -2.28. The minimum atomic E-state index is -0.0155. The van der Waals surface area contributed by atoms with Crippen molar-refractivity contribution >= 4 is 23.8 Å². The summed E-state index contributed by atoms with van der Waals surface area (Å²) in [6, 6.07) is 17.7. The van der Waals surface area contributed by atoms with Gasteiger partial charge in [-0.25, -0.2) is 0 Å². The van der Waals surface area contributed by atoms with E-state index >= 15 is 0 Å². The molecule has 0 spiro atoms. The Kier molecular flexibility index (Phi) is 6.93. The molecule has 0 N–H and O–H groups in total. The number of anilines is 1. The van der Waals surface area contributed by atoms with Crippen LogP contribution < -0.4 is 4.90 Å². The number of rotatable bonds is 9. The summed E-state index contributed by atoms with van der Waals surface area (Å²) < 4.78 is 2.55. The van der Waals surface area contributed by atoms with E-state index in [1.54, 1.807) is 0 Å². The van der Waals surface area contributed by atoms with E-state index in [1.165, 1.54) is 53.2 Å². The number of fused-ring (bicyclic) bond motifs is 2. The molecule has 2 aromatic carbocycles. The van der Waals surface area contributed by atoms with Crippen LogP contribution >= 0.6 is 0 Å². The zero-order chi connectivity index (χ0) is 24.3. The maximum atomic E-state index is 3.98. The van der Waals surface area contributed by atoms with Gasteiger partial charge in [0.05, 0.1) is 5.41 Å². The molecule has 0 unspecified atom stereocenters. The first-order valence-corrected chi connectivity index (χ1v) is 12.7. The highest BCUT2D eigenvalue weighted by molar-refractivity contribution is 6.03. The second kappa shape index (κ2) is 9.74. The van der Waals surface area contributed by atoms with Gasteiger partial charge in [-0.15, -0.1) is 0 Å². The van der Waals surface area contributed by atoms with Crippen LogP contribution in [0.1, 0.15) is 64.5 Å². The van der Waals surface area contributed by atoms with Gasteiger partial charge in [-0.2, -0.15) is 4.58 Å². The number of hydrogen-bond donors (Lipinski definition) is 0. The monoisotopic (exact) mass is 454 g/mol. The maximum absolute atomic E-state index is 3.98. The number of hydrogen-bond acceptors (Lipinski definition) is 2. The van der Waals surface area contributed by atoms with Crippen LogP contribution in [-0.4, -0.2) is 37.1 Å². The zero-order valence-corrected chi connectivity index (χ0v) is 21.6. The van der Waals surface area contributed by atoms with Gasteiger partial charge in [-0.1, -0.05) is 62.7 Å². The molecule has 2 aliphatic rings. The van der Waals surface area contributed by atoms with E-state index in [-0.39, 0.29) is 10.8 Å². The van der Waals surface area contributed by atoms with Crippen molar-refractivity contribution in [2.45, 2.75) is 64.2 Å². The molecule has 0 radical (unpaired) electrons. The molecule has 0 atom stereocenters. The van der Waals surface area contributed by atoms with Crippen molar-refractivity contribution in [1.82, 2.24) is 0 Å². The van der Waals surface area contributed by atoms with Crippen LogP contribution in [0.3, 0.4) is 0 Å². The molecule has 2 aliphatic heterocycles. The first kappa shape index (κ1) is 24.2. The van der Waals surface area contributed by atoms with Crippen LogP contribution in [0.2, 0.25) is 0 Å². The molecular formula is C31H40N3+. The lowest BCUT2D eigenvalue weighted by Gasteiger charge is -2.23. The van der Waals surface area contributed by atoms with Gasteiger partial charge >= 0.3 is 0 Å². The summed E-state index contributed by atoms with van der Waals surface area (Å²) in [5.74, 6) is 0. The van der Waals surface area contributed by atoms with Crippen molar-refractivity contribution in [3.63, 3.8) is 0 Å². The molecule has 0 aromatic heterocycles. The topological polar surface area (TPSA) is 18.6 Å². The Morgan fingerprint density at radius 2 is 1.56 bits per heavy atom. The highest BCUT2D eigenvalue weighted by Gasteiger charge is 2.44. The van der Waals surface area contributed by atoms with Crippen LogP contribution in [0.25, 0.3) is 0 Å². The summed E-state index contributed by atoms with van der Waals surface area (Å²) in [5.41, 5.74) is 8.18. The number of para-hydroxylation sites is 2. The largest absolute Gasteiger partial charge is 0.347 e. The molecule has 3 heteroatoms.